The number of aliphatic hydroxyl groups is 1. The Morgan fingerprint density at radius 1 is 1.15 bits per heavy atom. The van der Waals surface area contributed by atoms with Crippen LogP contribution in [0.3, 0.4) is 0 Å². The van der Waals surface area contributed by atoms with Gasteiger partial charge in [-0.15, -0.1) is 6.42 Å². The lowest BCUT2D eigenvalue weighted by Crippen LogP contribution is -2.59. The first-order valence-electron chi connectivity index (χ1n) is 13.7. The maximum atomic E-state index is 14.0. The van der Waals surface area contributed by atoms with Crippen LogP contribution in [-0.2, 0) is 35.1 Å². The molecule has 0 unspecified atom stereocenters. The number of likely N-dealkylation sites (tertiary alicyclic amines) is 1. The van der Waals surface area contributed by atoms with Crippen LogP contribution in [0.2, 0.25) is 0 Å². The fourth-order valence-electron chi connectivity index (χ4n) is 4.35. The second kappa shape index (κ2) is 14.8. The Balaban J connectivity index is 2.19. The molecule has 0 aromatic heterocycles. The fraction of sp³-hybridized carbons (Fsp3) is 0.600. The van der Waals surface area contributed by atoms with Gasteiger partial charge in [0.15, 0.2) is 0 Å². The first kappa shape index (κ1) is 33.6. The number of aliphatic hydroxyl groups excluding tert-OH is 1. The molecule has 0 spiro atoms. The van der Waals surface area contributed by atoms with Crippen molar-refractivity contribution < 1.29 is 38.5 Å². The number of benzene rings is 1. The monoisotopic (exact) mass is 573 g/mol. The van der Waals surface area contributed by atoms with Gasteiger partial charge in [-0.25, -0.2) is 9.59 Å². The van der Waals surface area contributed by atoms with Crippen molar-refractivity contribution in [1.29, 1.82) is 0 Å². The molecule has 1 aliphatic rings. The van der Waals surface area contributed by atoms with E-state index in [9.17, 15) is 24.3 Å². The first-order valence-corrected chi connectivity index (χ1v) is 13.7. The molecule has 1 heterocycles. The van der Waals surface area contributed by atoms with Gasteiger partial charge in [0.2, 0.25) is 11.8 Å². The average molecular weight is 574 g/mol. The summed E-state index contributed by atoms with van der Waals surface area (Å²) in [6.07, 6.45) is 4.01. The number of nitrogens with zero attached hydrogens (tertiary/aromatic N) is 1. The molecule has 3 amide bonds. The molecule has 0 radical (unpaired) electrons. The molecule has 0 aliphatic carbocycles. The molecule has 1 aromatic rings. The number of alkyl carbamates (subject to hydrolysis) is 1. The Kier molecular flexibility index (Phi) is 12.2. The van der Waals surface area contributed by atoms with Crippen molar-refractivity contribution in [3.8, 4) is 12.3 Å². The van der Waals surface area contributed by atoms with E-state index in [0.717, 1.165) is 5.56 Å². The molecule has 41 heavy (non-hydrogen) atoms. The predicted molar refractivity (Wildman–Crippen MR) is 151 cm³/mol. The van der Waals surface area contributed by atoms with E-state index in [1.165, 1.54) is 4.90 Å². The van der Waals surface area contributed by atoms with E-state index < -0.39 is 53.1 Å². The minimum atomic E-state index is -1.12. The summed E-state index contributed by atoms with van der Waals surface area (Å²) >= 11 is 0. The number of nitrogens with one attached hydrogen (secondary N) is 2. The molecule has 226 valence electrons. The Bertz CT molecular complexity index is 1100. The highest BCUT2D eigenvalue weighted by molar-refractivity contribution is 5.92. The SMILES string of the molecule is C#Cc1ccc(CNC(=O)[C@@H]2C[C@@H](O)CN2C(=O)[C@H](NC(=O)OC(C)(C)C)C(C)(C)CCOCC(=O)OCC)cc1. The number of carbonyl (C=O) groups excluding carboxylic acids is 4. The summed E-state index contributed by atoms with van der Waals surface area (Å²) in [4.78, 5) is 52.8. The minimum Gasteiger partial charge on any atom is -0.464 e. The van der Waals surface area contributed by atoms with Crippen LogP contribution in [0.5, 0.6) is 0 Å². The number of amides is 3. The van der Waals surface area contributed by atoms with Gasteiger partial charge in [-0.1, -0.05) is 31.9 Å². The van der Waals surface area contributed by atoms with Gasteiger partial charge in [0.1, 0.15) is 24.3 Å². The van der Waals surface area contributed by atoms with Gasteiger partial charge >= 0.3 is 12.1 Å². The molecule has 1 saturated heterocycles. The summed E-state index contributed by atoms with van der Waals surface area (Å²) < 4.78 is 15.7. The maximum absolute atomic E-state index is 14.0. The van der Waals surface area contributed by atoms with Crippen molar-refractivity contribution in [2.45, 2.75) is 84.7 Å². The van der Waals surface area contributed by atoms with E-state index in [2.05, 4.69) is 16.6 Å². The van der Waals surface area contributed by atoms with Crippen LogP contribution in [0.15, 0.2) is 24.3 Å². The van der Waals surface area contributed by atoms with E-state index in [4.69, 9.17) is 20.6 Å². The van der Waals surface area contributed by atoms with E-state index in [1.54, 1.807) is 65.8 Å². The Morgan fingerprint density at radius 3 is 2.39 bits per heavy atom. The molecule has 0 saturated carbocycles. The van der Waals surface area contributed by atoms with Crippen molar-refractivity contribution in [2.24, 2.45) is 5.41 Å². The number of ether oxygens (including phenoxy) is 3. The topological polar surface area (TPSA) is 144 Å². The second-order valence-corrected chi connectivity index (χ2v) is 11.6. The third-order valence-corrected chi connectivity index (χ3v) is 6.56. The molecule has 3 atom stereocenters. The second-order valence-electron chi connectivity index (χ2n) is 11.6. The molecule has 0 bridgehead atoms. The van der Waals surface area contributed by atoms with Gasteiger partial charge in [0.05, 0.1) is 12.7 Å². The zero-order chi connectivity index (χ0) is 30.8. The van der Waals surface area contributed by atoms with Crippen LogP contribution in [0.1, 0.15) is 65.5 Å². The first-order chi connectivity index (χ1) is 19.2. The number of terminal acetylenes is 1. The maximum Gasteiger partial charge on any atom is 0.408 e. The van der Waals surface area contributed by atoms with Gasteiger partial charge in [-0.3, -0.25) is 9.59 Å². The zero-order valence-electron chi connectivity index (χ0n) is 24.8. The molecule has 1 fully saturated rings. The van der Waals surface area contributed by atoms with Gasteiger partial charge in [-0.05, 0) is 57.2 Å². The zero-order valence-corrected chi connectivity index (χ0v) is 24.8. The molecule has 11 nitrogen and oxygen atoms in total. The lowest BCUT2D eigenvalue weighted by molar-refractivity contribution is -0.149. The minimum absolute atomic E-state index is 0.0514. The van der Waals surface area contributed by atoms with Gasteiger partial charge in [0, 0.05) is 31.7 Å². The van der Waals surface area contributed by atoms with Gasteiger partial charge in [-0.2, -0.15) is 0 Å². The third kappa shape index (κ3) is 10.7. The van der Waals surface area contributed by atoms with Crippen molar-refractivity contribution in [3.63, 3.8) is 0 Å². The molecular formula is C30H43N3O8. The lowest BCUT2D eigenvalue weighted by Gasteiger charge is -2.37. The van der Waals surface area contributed by atoms with Gasteiger partial charge in [0.25, 0.3) is 0 Å². The number of rotatable bonds is 12. The highest BCUT2D eigenvalue weighted by Crippen LogP contribution is 2.30. The summed E-state index contributed by atoms with van der Waals surface area (Å²) in [6, 6.07) is 5.07. The Morgan fingerprint density at radius 2 is 1.80 bits per heavy atom. The van der Waals surface area contributed by atoms with Crippen LogP contribution >= 0.6 is 0 Å². The van der Waals surface area contributed by atoms with Crippen molar-refractivity contribution in [1.82, 2.24) is 15.5 Å². The molecule has 1 aromatic carbocycles. The lowest BCUT2D eigenvalue weighted by atomic mass is 9.80. The summed E-state index contributed by atoms with van der Waals surface area (Å²) in [5.41, 5.74) is -0.166. The highest BCUT2D eigenvalue weighted by atomic mass is 16.6. The quantitative estimate of drug-likeness (QED) is 0.196. The van der Waals surface area contributed by atoms with Crippen molar-refractivity contribution in [2.75, 3.05) is 26.4 Å². The predicted octanol–water partition coefficient (Wildman–Crippen LogP) is 2.14. The molecular weight excluding hydrogens is 530 g/mol. The van der Waals surface area contributed by atoms with Crippen molar-refractivity contribution >= 4 is 23.9 Å². The van der Waals surface area contributed by atoms with Crippen LogP contribution < -0.4 is 10.6 Å². The smallest absolute Gasteiger partial charge is 0.408 e. The number of hydrogen-bond donors (Lipinski definition) is 3. The number of hydrogen-bond acceptors (Lipinski definition) is 8. The molecule has 2 rings (SSSR count). The van der Waals surface area contributed by atoms with Crippen LogP contribution in [0.4, 0.5) is 4.79 Å². The molecule has 1 aliphatic heterocycles. The van der Waals surface area contributed by atoms with Crippen molar-refractivity contribution in [3.05, 3.63) is 35.4 Å². The Labute approximate surface area is 242 Å². The average Bonchev–Trinajstić information content (AvgIpc) is 3.29. The number of β-amino-alcohol motifs (C(OH)–C–C–N with tert-alkyl or cyclic N) is 1. The summed E-state index contributed by atoms with van der Waals surface area (Å²) in [5.74, 6) is 1.06. The number of esters is 1. The van der Waals surface area contributed by atoms with E-state index >= 15 is 0 Å². The molecule has 11 heteroatoms. The normalized spacial score (nSPS) is 17.8. The standard InChI is InChI=1S/C30H43N3O8/c1-8-20-10-12-21(13-11-20)17-31-26(36)23-16-22(34)18-33(23)27(37)25(32-28(38)41-29(3,4)5)30(6,7)14-15-39-19-24(35)40-9-2/h1,10-13,22-23,25,34H,9,14-19H2,2-7H3,(H,31,36)(H,32,38)/t22-,23+,25+/m1/s1. The molecule has 3 N–H and O–H groups in total. The van der Waals surface area contributed by atoms with Gasteiger partial charge < -0.3 is 34.9 Å². The largest absolute Gasteiger partial charge is 0.464 e. The summed E-state index contributed by atoms with van der Waals surface area (Å²) in [5, 5.41) is 15.9. The Hall–Kier alpha value is -3.62. The fourth-order valence-corrected chi connectivity index (χ4v) is 4.35. The third-order valence-electron chi connectivity index (χ3n) is 6.56. The van der Waals surface area contributed by atoms with E-state index in [1.807, 2.05) is 0 Å². The van der Waals surface area contributed by atoms with E-state index in [-0.39, 0.29) is 45.8 Å². The highest BCUT2D eigenvalue weighted by Gasteiger charge is 2.46. The summed E-state index contributed by atoms with van der Waals surface area (Å²) in [7, 11) is 0. The van der Waals surface area contributed by atoms with E-state index in [0.29, 0.717) is 5.56 Å². The van der Waals surface area contributed by atoms with Crippen LogP contribution in [-0.4, -0.2) is 84.0 Å². The summed E-state index contributed by atoms with van der Waals surface area (Å²) in [6.45, 7) is 10.6. The number of carbonyl (C=O) groups is 4. The van der Waals surface area contributed by atoms with Crippen LogP contribution in [0, 0.1) is 17.8 Å². The van der Waals surface area contributed by atoms with Crippen LogP contribution in [0.25, 0.3) is 0 Å².